The lowest BCUT2D eigenvalue weighted by Crippen LogP contribution is -2.54. The van der Waals surface area contributed by atoms with Crippen LogP contribution in [-0.4, -0.2) is 60.9 Å². The Morgan fingerprint density at radius 2 is 1.71 bits per heavy atom. The molecule has 48 heavy (non-hydrogen) atoms. The van der Waals surface area contributed by atoms with Gasteiger partial charge in [-0.2, -0.15) is 5.26 Å². The van der Waals surface area contributed by atoms with Crippen molar-refractivity contribution in [1.82, 2.24) is 15.5 Å². The molecule has 2 atom stereocenters. The zero-order chi connectivity index (χ0) is 34.7. The number of likely N-dealkylation sites (tertiary alicyclic amines) is 1. The van der Waals surface area contributed by atoms with E-state index in [0.717, 1.165) is 55.8 Å². The summed E-state index contributed by atoms with van der Waals surface area (Å²) >= 11 is 0. The van der Waals surface area contributed by atoms with Gasteiger partial charge >= 0.3 is 6.09 Å². The standard InChI is InChI=1S/C37H44N4O5.C2H6/c1-36(2,3)46-35(43)40-31(22-27-8-6-5-7-9-27)34(42)39-32-24-37(45-33-15-14-29(44-4)23-30(32)33)17-20-41(21-18-37)19-16-26-10-12-28(25-38)13-11-26;1-2/h5-15,23,31-32H,16-22,24H2,1-4H3,(H,39,42)(H,40,43);1-2H3/t31-,32?;/m1./s1. The van der Waals surface area contributed by atoms with Gasteiger partial charge in [0.05, 0.1) is 24.8 Å². The van der Waals surface area contributed by atoms with Gasteiger partial charge in [0.25, 0.3) is 0 Å². The molecule has 3 aromatic rings. The van der Waals surface area contributed by atoms with Crippen LogP contribution in [0.4, 0.5) is 4.79 Å². The summed E-state index contributed by atoms with van der Waals surface area (Å²) in [4.78, 5) is 29.3. The molecule has 3 aromatic carbocycles. The first kappa shape index (κ1) is 36.3. The first-order valence-electron chi connectivity index (χ1n) is 17.0. The second-order valence-corrected chi connectivity index (χ2v) is 13.2. The lowest BCUT2D eigenvalue weighted by molar-refractivity contribution is -0.124. The van der Waals surface area contributed by atoms with Gasteiger partial charge in [-0.1, -0.05) is 56.3 Å². The number of ether oxygens (including phenoxy) is 3. The van der Waals surface area contributed by atoms with Gasteiger partial charge in [-0.05, 0) is 81.5 Å². The lowest BCUT2D eigenvalue weighted by Gasteiger charge is -2.47. The maximum atomic E-state index is 14.0. The molecule has 0 radical (unpaired) electrons. The molecule has 1 saturated heterocycles. The largest absolute Gasteiger partial charge is 0.497 e. The zero-order valence-corrected chi connectivity index (χ0v) is 29.2. The second-order valence-electron chi connectivity index (χ2n) is 13.2. The van der Waals surface area contributed by atoms with Crippen molar-refractivity contribution < 1.29 is 23.8 Å². The summed E-state index contributed by atoms with van der Waals surface area (Å²) in [5, 5.41) is 15.2. The highest BCUT2D eigenvalue weighted by Crippen LogP contribution is 2.45. The fourth-order valence-electron chi connectivity index (χ4n) is 6.21. The number of nitrogens with zero attached hydrogens (tertiary/aromatic N) is 2. The summed E-state index contributed by atoms with van der Waals surface area (Å²) in [6, 6.07) is 24.1. The van der Waals surface area contributed by atoms with Crippen molar-refractivity contribution >= 4 is 12.0 Å². The quantitative estimate of drug-likeness (QED) is 0.263. The van der Waals surface area contributed by atoms with E-state index >= 15 is 0 Å². The predicted molar refractivity (Wildman–Crippen MR) is 187 cm³/mol. The number of nitrogens with one attached hydrogen (secondary N) is 2. The fourth-order valence-corrected chi connectivity index (χ4v) is 6.21. The Morgan fingerprint density at radius 1 is 1.02 bits per heavy atom. The van der Waals surface area contributed by atoms with Crippen molar-refractivity contribution in [1.29, 1.82) is 5.26 Å². The molecular weight excluding hydrogens is 604 g/mol. The molecule has 0 saturated carbocycles. The molecule has 2 amide bonds. The molecule has 5 rings (SSSR count). The number of nitriles is 1. The zero-order valence-electron chi connectivity index (χ0n) is 29.2. The SMILES string of the molecule is CC.COc1ccc2c(c1)C(NC(=O)[C@@H](Cc1ccccc1)NC(=O)OC(C)(C)C)CC1(CCN(CCc3ccc(C#N)cc3)CC1)O2. The average Bonchev–Trinajstić information content (AvgIpc) is 3.08. The van der Waals surface area contributed by atoms with Crippen LogP contribution in [0.3, 0.4) is 0 Å². The molecule has 0 aliphatic carbocycles. The van der Waals surface area contributed by atoms with E-state index in [0.29, 0.717) is 24.2 Å². The van der Waals surface area contributed by atoms with Crippen LogP contribution in [0.15, 0.2) is 72.8 Å². The van der Waals surface area contributed by atoms with Crippen molar-refractivity contribution in [3.8, 4) is 17.6 Å². The Kier molecular flexibility index (Phi) is 12.5. The Bertz CT molecular complexity index is 1540. The predicted octanol–water partition coefficient (Wildman–Crippen LogP) is 6.75. The first-order valence-corrected chi connectivity index (χ1v) is 17.0. The molecule has 2 aliphatic heterocycles. The number of carbonyl (C=O) groups is 2. The average molecular weight is 655 g/mol. The third-order valence-electron chi connectivity index (χ3n) is 8.67. The van der Waals surface area contributed by atoms with E-state index in [9.17, 15) is 9.59 Å². The number of hydrogen-bond acceptors (Lipinski definition) is 7. The molecule has 0 aromatic heterocycles. The van der Waals surface area contributed by atoms with Crippen LogP contribution >= 0.6 is 0 Å². The van der Waals surface area contributed by atoms with Crippen LogP contribution in [0.2, 0.25) is 0 Å². The van der Waals surface area contributed by atoms with Gasteiger partial charge in [0.15, 0.2) is 0 Å². The van der Waals surface area contributed by atoms with Gasteiger partial charge < -0.3 is 29.7 Å². The highest BCUT2D eigenvalue weighted by Gasteiger charge is 2.44. The number of rotatable bonds is 9. The summed E-state index contributed by atoms with van der Waals surface area (Å²) in [6.45, 7) is 12.1. The smallest absolute Gasteiger partial charge is 0.408 e. The summed E-state index contributed by atoms with van der Waals surface area (Å²) in [5.74, 6) is 1.14. The number of benzene rings is 3. The lowest BCUT2D eigenvalue weighted by atomic mass is 9.80. The molecule has 2 heterocycles. The van der Waals surface area contributed by atoms with Crippen LogP contribution in [0.5, 0.6) is 11.5 Å². The number of alkyl carbamates (subject to hydrolysis) is 1. The Balaban J connectivity index is 0.00000255. The van der Waals surface area contributed by atoms with Crippen molar-refractivity contribution in [2.75, 3.05) is 26.7 Å². The first-order chi connectivity index (χ1) is 23.0. The molecule has 9 heteroatoms. The van der Waals surface area contributed by atoms with Crippen molar-refractivity contribution in [3.05, 3.63) is 95.1 Å². The van der Waals surface area contributed by atoms with Gasteiger partial charge in [0, 0.05) is 38.0 Å². The maximum Gasteiger partial charge on any atom is 0.408 e. The van der Waals surface area contributed by atoms with E-state index in [4.69, 9.17) is 19.5 Å². The van der Waals surface area contributed by atoms with Gasteiger partial charge in [0.2, 0.25) is 5.91 Å². The topological polar surface area (TPSA) is 113 Å². The van der Waals surface area contributed by atoms with Crippen LogP contribution in [0.1, 0.15) is 82.2 Å². The normalized spacial score (nSPS) is 17.3. The van der Waals surface area contributed by atoms with Crippen LogP contribution < -0.4 is 20.1 Å². The van der Waals surface area contributed by atoms with Gasteiger partial charge in [-0.3, -0.25) is 4.79 Å². The minimum absolute atomic E-state index is 0.287. The molecule has 2 N–H and O–H groups in total. The molecule has 1 fully saturated rings. The van der Waals surface area contributed by atoms with E-state index in [1.807, 2.05) is 86.6 Å². The number of fused-ring (bicyclic) bond motifs is 1. The Labute approximate surface area is 285 Å². The third-order valence-corrected chi connectivity index (χ3v) is 8.67. The molecule has 1 unspecified atom stereocenters. The van der Waals surface area contributed by atoms with Gasteiger partial charge in [0.1, 0.15) is 28.7 Å². The molecule has 1 spiro atoms. The van der Waals surface area contributed by atoms with E-state index in [-0.39, 0.29) is 11.9 Å². The van der Waals surface area contributed by atoms with Crippen molar-refractivity contribution in [3.63, 3.8) is 0 Å². The van der Waals surface area contributed by atoms with E-state index in [1.165, 1.54) is 5.56 Å². The van der Waals surface area contributed by atoms with Gasteiger partial charge in [-0.25, -0.2) is 4.79 Å². The number of hydrogen-bond donors (Lipinski definition) is 2. The minimum Gasteiger partial charge on any atom is -0.497 e. The molecule has 0 bridgehead atoms. The third kappa shape index (κ3) is 9.98. The highest BCUT2D eigenvalue weighted by atomic mass is 16.6. The molecular formula is C39H50N4O5. The molecule has 2 aliphatic rings. The van der Waals surface area contributed by atoms with Gasteiger partial charge in [-0.15, -0.1) is 0 Å². The van der Waals surface area contributed by atoms with E-state index in [1.54, 1.807) is 27.9 Å². The summed E-state index contributed by atoms with van der Waals surface area (Å²) < 4.78 is 17.8. The minimum atomic E-state index is -0.839. The highest BCUT2D eigenvalue weighted by molar-refractivity contribution is 5.86. The maximum absolute atomic E-state index is 14.0. The summed E-state index contributed by atoms with van der Waals surface area (Å²) in [7, 11) is 1.62. The van der Waals surface area contributed by atoms with E-state index in [2.05, 4.69) is 21.6 Å². The van der Waals surface area contributed by atoms with Crippen molar-refractivity contribution in [2.45, 2.75) is 90.0 Å². The monoisotopic (exact) mass is 654 g/mol. The number of amides is 2. The Morgan fingerprint density at radius 3 is 2.33 bits per heavy atom. The van der Waals surface area contributed by atoms with Crippen LogP contribution in [0.25, 0.3) is 0 Å². The summed E-state index contributed by atoms with van der Waals surface area (Å²) in [6.07, 6.45) is 2.84. The fraction of sp³-hybridized carbons (Fsp3) is 0.462. The number of methoxy groups -OCH3 is 1. The number of piperidine rings is 1. The Hall–Kier alpha value is -4.55. The molecule has 256 valence electrons. The van der Waals surface area contributed by atoms with E-state index < -0.39 is 23.3 Å². The number of carbonyl (C=O) groups excluding carboxylic acids is 2. The second kappa shape index (κ2) is 16.5. The summed E-state index contributed by atoms with van der Waals surface area (Å²) in [5.41, 5.74) is 2.54. The van der Waals surface area contributed by atoms with Crippen LogP contribution in [-0.2, 0) is 22.4 Å². The van der Waals surface area contributed by atoms with Crippen LogP contribution in [0, 0.1) is 11.3 Å². The van der Waals surface area contributed by atoms with Crippen molar-refractivity contribution in [2.24, 2.45) is 0 Å². The molecule has 9 nitrogen and oxygen atoms in total.